The van der Waals surface area contributed by atoms with Gasteiger partial charge >= 0.3 is 0 Å². The monoisotopic (exact) mass is 350 g/mol. The minimum absolute atomic E-state index is 0.0217. The molecule has 0 bridgehead atoms. The van der Waals surface area contributed by atoms with Gasteiger partial charge in [0, 0.05) is 4.47 Å². The number of para-hydroxylation sites is 1. The molecule has 4 nitrogen and oxygen atoms in total. The lowest BCUT2D eigenvalue weighted by molar-refractivity contribution is -0.132. The van der Waals surface area contributed by atoms with Crippen molar-refractivity contribution in [2.24, 2.45) is 5.92 Å². The summed E-state index contributed by atoms with van der Waals surface area (Å²) < 4.78 is 0.843. The minimum atomic E-state index is -0.362. The van der Waals surface area contributed by atoms with Gasteiger partial charge in [-0.15, -0.1) is 0 Å². The Morgan fingerprint density at radius 1 is 1.10 bits per heavy atom. The van der Waals surface area contributed by atoms with Crippen LogP contribution in [0.4, 0.5) is 5.69 Å². The first-order valence-corrected chi connectivity index (χ1v) is 8.31. The Hall–Kier alpha value is -1.36. The third-order valence-electron chi connectivity index (χ3n) is 4.41. The third kappa shape index (κ3) is 2.98. The van der Waals surface area contributed by atoms with Crippen molar-refractivity contribution in [2.75, 3.05) is 11.4 Å². The normalized spacial score (nSPS) is 24.0. The number of rotatable bonds is 2. The second-order valence-electron chi connectivity index (χ2n) is 5.82. The quantitative estimate of drug-likeness (QED) is 0.891. The maximum Gasteiger partial charge on any atom is 0.250 e. The maximum absolute atomic E-state index is 12.8. The number of anilines is 1. The Kier molecular flexibility index (Phi) is 4.29. The van der Waals surface area contributed by atoms with E-state index in [1.807, 2.05) is 24.3 Å². The van der Waals surface area contributed by atoms with Crippen molar-refractivity contribution in [3.63, 3.8) is 0 Å². The molecule has 1 aliphatic heterocycles. The van der Waals surface area contributed by atoms with Gasteiger partial charge in [-0.05, 0) is 46.8 Å². The summed E-state index contributed by atoms with van der Waals surface area (Å²) in [5, 5.41) is 2.91. The summed E-state index contributed by atoms with van der Waals surface area (Å²) in [5.74, 6) is 0.231. The van der Waals surface area contributed by atoms with Crippen molar-refractivity contribution in [3.05, 3.63) is 28.7 Å². The molecule has 1 heterocycles. The molecule has 2 aliphatic rings. The average molecular weight is 351 g/mol. The number of nitrogens with zero attached hydrogens (tertiary/aromatic N) is 1. The molecule has 2 fully saturated rings. The predicted octanol–water partition coefficient (Wildman–Crippen LogP) is 2.86. The second kappa shape index (κ2) is 6.18. The van der Waals surface area contributed by atoms with Crippen LogP contribution in [0.2, 0.25) is 0 Å². The Morgan fingerprint density at radius 3 is 2.52 bits per heavy atom. The lowest BCUT2D eigenvalue weighted by Gasteiger charge is -2.38. The van der Waals surface area contributed by atoms with E-state index in [9.17, 15) is 9.59 Å². The molecular formula is C16H19BrN2O2. The molecule has 1 aromatic carbocycles. The van der Waals surface area contributed by atoms with Crippen LogP contribution < -0.4 is 10.2 Å². The van der Waals surface area contributed by atoms with Gasteiger partial charge in [0.1, 0.15) is 12.6 Å². The van der Waals surface area contributed by atoms with Crippen molar-refractivity contribution in [3.8, 4) is 0 Å². The average Bonchev–Trinajstić information content (AvgIpc) is 2.51. The number of piperazine rings is 1. The van der Waals surface area contributed by atoms with Gasteiger partial charge in [0.2, 0.25) is 11.8 Å². The van der Waals surface area contributed by atoms with Crippen molar-refractivity contribution < 1.29 is 9.59 Å². The molecule has 1 atom stereocenters. The zero-order chi connectivity index (χ0) is 14.8. The topological polar surface area (TPSA) is 49.4 Å². The van der Waals surface area contributed by atoms with Crippen molar-refractivity contribution in [1.82, 2.24) is 5.32 Å². The van der Waals surface area contributed by atoms with Crippen LogP contribution in [-0.4, -0.2) is 24.4 Å². The molecule has 5 heteroatoms. The second-order valence-corrected chi connectivity index (χ2v) is 6.67. The molecule has 1 saturated carbocycles. The molecule has 3 rings (SSSR count). The summed E-state index contributed by atoms with van der Waals surface area (Å²) in [6.45, 7) is 0.102. The van der Waals surface area contributed by atoms with Crippen LogP contribution in [0.5, 0.6) is 0 Å². The van der Waals surface area contributed by atoms with E-state index in [1.54, 1.807) is 4.90 Å². The molecule has 112 valence electrons. The number of halogens is 1. The number of carbonyl (C=O) groups is 2. The summed E-state index contributed by atoms with van der Waals surface area (Å²) >= 11 is 3.47. The lowest BCUT2D eigenvalue weighted by Crippen LogP contribution is -2.61. The van der Waals surface area contributed by atoms with Gasteiger partial charge in [-0.1, -0.05) is 31.4 Å². The van der Waals surface area contributed by atoms with E-state index in [0.717, 1.165) is 35.8 Å². The summed E-state index contributed by atoms with van der Waals surface area (Å²) in [6.07, 6.45) is 5.60. The predicted molar refractivity (Wildman–Crippen MR) is 85.0 cm³/mol. The molecule has 1 saturated heterocycles. The molecule has 0 spiro atoms. The minimum Gasteiger partial charge on any atom is -0.342 e. The SMILES string of the molecule is O=C1CN(c2ccccc2Br)C(=O)C(C2CCCCC2)N1. The molecule has 1 unspecified atom stereocenters. The fourth-order valence-corrected chi connectivity index (χ4v) is 3.83. The first-order chi connectivity index (χ1) is 10.2. The molecule has 0 aromatic heterocycles. The van der Waals surface area contributed by atoms with Crippen LogP contribution >= 0.6 is 15.9 Å². The van der Waals surface area contributed by atoms with Gasteiger partial charge in [-0.2, -0.15) is 0 Å². The maximum atomic E-state index is 12.8. The fraction of sp³-hybridized carbons (Fsp3) is 0.500. The molecule has 0 radical (unpaired) electrons. The molecule has 21 heavy (non-hydrogen) atoms. The standard InChI is InChI=1S/C16H19BrN2O2/c17-12-8-4-5-9-13(12)19-10-14(20)18-15(16(19)21)11-6-2-1-3-7-11/h4-5,8-9,11,15H,1-3,6-7,10H2,(H,18,20). The summed E-state index contributed by atoms with van der Waals surface area (Å²) in [5.41, 5.74) is 0.776. The number of benzene rings is 1. The van der Waals surface area contributed by atoms with E-state index in [1.165, 1.54) is 6.42 Å². The highest BCUT2D eigenvalue weighted by atomic mass is 79.9. The highest BCUT2D eigenvalue weighted by Gasteiger charge is 2.39. The van der Waals surface area contributed by atoms with E-state index >= 15 is 0 Å². The van der Waals surface area contributed by atoms with Crippen LogP contribution in [0.15, 0.2) is 28.7 Å². The Morgan fingerprint density at radius 2 is 1.81 bits per heavy atom. The highest BCUT2D eigenvalue weighted by molar-refractivity contribution is 9.10. The van der Waals surface area contributed by atoms with Gasteiger partial charge in [0.25, 0.3) is 0 Å². The highest BCUT2D eigenvalue weighted by Crippen LogP contribution is 2.32. The number of nitrogens with one attached hydrogen (secondary N) is 1. The Balaban J connectivity index is 1.86. The number of carbonyl (C=O) groups excluding carboxylic acids is 2. The van der Waals surface area contributed by atoms with Crippen LogP contribution in [0, 0.1) is 5.92 Å². The van der Waals surface area contributed by atoms with Crippen molar-refractivity contribution in [1.29, 1.82) is 0 Å². The number of hydrogen-bond donors (Lipinski definition) is 1. The van der Waals surface area contributed by atoms with Gasteiger partial charge in [-0.25, -0.2) is 0 Å². The van der Waals surface area contributed by atoms with Gasteiger partial charge in [0.15, 0.2) is 0 Å². The van der Waals surface area contributed by atoms with Crippen LogP contribution in [0.1, 0.15) is 32.1 Å². The summed E-state index contributed by atoms with van der Waals surface area (Å²) in [6, 6.07) is 7.19. The van der Waals surface area contributed by atoms with E-state index < -0.39 is 0 Å². The number of amides is 2. The Labute approximate surface area is 133 Å². The van der Waals surface area contributed by atoms with E-state index in [-0.39, 0.29) is 30.3 Å². The van der Waals surface area contributed by atoms with E-state index in [2.05, 4.69) is 21.2 Å². The smallest absolute Gasteiger partial charge is 0.250 e. The molecule has 1 N–H and O–H groups in total. The zero-order valence-electron chi connectivity index (χ0n) is 11.8. The summed E-state index contributed by atoms with van der Waals surface area (Å²) in [4.78, 5) is 26.5. The largest absolute Gasteiger partial charge is 0.342 e. The van der Waals surface area contributed by atoms with Gasteiger partial charge in [-0.3, -0.25) is 9.59 Å². The first-order valence-electron chi connectivity index (χ1n) is 7.52. The first kappa shape index (κ1) is 14.6. The van der Waals surface area contributed by atoms with Gasteiger partial charge < -0.3 is 10.2 Å². The fourth-order valence-electron chi connectivity index (χ4n) is 3.33. The van der Waals surface area contributed by atoms with Crippen LogP contribution in [0.25, 0.3) is 0 Å². The molecule has 2 amide bonds. The van der Waals surface area contributed by atoms with Gasteiger partial charge in [0.05, 0.1) is 5.69 Å². The van der Waals surface area contributed by atoms with Crippen molar-refractivity contribution in [2.45, 2.75) is 38.1 Å². The lowest BCUT2D eigenvalue weighted by atomic mass is 9.82. The van der Waals surface area contributed by atoms with Crippen LogP contribution in [0.3, 0.4) is 0 Å². The molecule has 1 aromatic rings. The molecular weight excluding hydrogens is 332 g/mol. The van der Waals surface area contributed by atoms with Crippen LogP contribution in [-0.2, 0) is 9.59 Å². The number of hydrogen-bond acceptors (Lipinski definition) is 2. The van der Waals surface area contributed by atoms with E-state index in [4.69, 9.17) is 0 Å². The zero-order valence-corrected chi connectivity index (χ0v) is 13.4. The van der Waals surface area contributed by atoms with E-state index in [0.29, 0.717) is 0 Å². The summed E-state index contributed by atoms with van der Waals surface area (Å²) in [7, 11) is 0. The third-order valence-corrected chi connectivity index (χ3v) is 5.09. The van der Waals surface area contributed by atoms with Crippen molar-refractivity contribution >= 4 is 33.4 Å². The molecule has 1 aliphatic carbocycles. The Bertz CT molecular complexity index is 555.